The molecule has 3 aromatic rings. The Balaban J connectivity index is 1.62. The van der Waals surface area contributed by atoms with E-state index >= 15 is 0 Å². The van der Waals surface area contributed by atoms with Crippen LogP contribution in [0.2, 0.25) is 5.02 Å². The summed E-state index contributed by atoms with van der Waals surface area (Å²) in [5.41, 5.74) is 5.08. The third-order valence-corrected chi connectivity index (χ3v) is 6.31. The molecule has 5 nitrogen and oxygen atoms in total. The van der Waals surface area contributed by atoms with Crippen LogP contribution in [0.5, 0.6) is 0 Å². The first-order valence-corrected chi connectivity index (χ1v) is 11.5. The van der Waals surface area contributed by atoms with Crippen LogP contribution in [0.25, 0.3) is 5.69 Å². The fraction of sp³-hybridized carbons (Fsp3) is 0.400. The molecule has 1 unspecified atom stereocenters. The van der Waals surface area contributed by atoms with Crippen LogP contribution in [0, 0.1) is 5.82 Å². The van der Waals surface area contributed by atoms with E-state index in [1.54, 1.807) is 6.07 Å². The lowest BCUT2D eigenvalue weighted by Gasteiger charge is -2.28. The van der Waals surface area contributed by atoms with E-state index in [1.807, 2.05) is 55.1 Å². The second kappa shape index (κ2) is 10.1. The highest BCUT2D eigenvalue weighted by atomic mass is 35.5. The van der Waals surface area contributed by atoms with Crippen molar-refractivity contribution < 1.29 is 9.50 Å². The third kappa shape index (κ3) is 5.21. The number of benzene rings is 2. The Labute approximate surface area is 194 Å². The Kier molecular flexibility index (Phi) is 7.26. The predicted octanol–water partition coefficient (Wildman–Crippen LogP) is 4.43. The van der Waals surface area contributed by atoms with Crippen LogP contribution in [-0.4, -0.2) is 50.9 Å². The monoisotopic (exact) mass is 456 g/mol. The van der Waals surface area contributed by atoms with Crippen molar-refractivity contribution in [3.05, 3.63) is 81.9 Å². The van der Waals surface area contributed by atoms with Crippen LogP contribution < -0.4 is 0 Å². The fourth-order valence-electron chi connectivity index (χ4n) is 4.28. The average Bonchev–Trinajstić information content (AvgIpc) is 3.13. The third-order valence-electron chi connectivity index (χ3n) is 6.06. The van der Waals surface area contributed by atoms with Gasteiger partial charge in [0, 0.05) is 55.3 Å². The minimum Gasteiger partial charge on any atom is -0.392 e. The van der Waals surface area contributed by atoms with Gasteiger partial charge in [0.1, 0.15) is 5.82 Å². The molecular weight excluding hydrogens is 427 g/mol. The molecule has 2 aromatic carbocycles. The Morgan fingerprint density at radius 2 is 1.94 bits per heavy atom. The van der Waals surface area contributed by atoms with Crippen molar-refractivity contribution in [2.24, 2.45) is 0 Å². The molecule has 0 amide bonds. The van der Waals surface area contributed by atoms with Crippen LogP contribution >= 0.6 is 11.6 Å². The summed E-state index contributed by atoms with van der Waals surface area (Å²) in [6.45, 7) is 5.35. The van der Waals surface area contributed by atoms with Gasteiger partial charge >= 0.3 is 0 Å². The molecule has 4 rings (SSSR count). The highest BCUT2D eigenvalue weighted by Crippen LogP contribution is 2.28. The molecule has 170 valence electrons. The van der Waals surface area contributed by atoms with Gasteiger partial charge in [0.15, 0.2) is 0 Å². The molecule has 0 radical (unpaired) electrons. The van der Waals surface area contributed by atoms with E-state index in [0.29, 0.717) is 30.2 Å². The topological polar surface area (TPSA) is 44.5 Å². The Hall–Kier alpha value is -2.25. The average molecular weight is 457 g/mol. The molecule has 1 aliphatic heterocycles. The summed E-state index contributed by atoms with van der Waals surface area (Å²) in [6, 6.07) is 14.7. The van der Waals surface area contributed by atoms with Crippen LogP contribution in [0.3, 0.4) is 0 Å². The Morgan fingerprint density at radius 3 is 2.66 bits per heavy atom. The summed E-state index contributed by atoms with van der Waals surface area (Å²) in [4.78, 5) is 4.39. The molecule has 1 N–H and O–H groups in total. The number of fused-ring (bicyclic) bond motifs is 1. The largest absolute Gasteiger partial charge is 0.392 e. The van der Waals surface area contributed by atoms with Crippen molar-refractivity contribution >= 4 is 11.6 Å². The number of nitrogens with zero attached hydrogens (tertiary/aromatic N) is 4. The quantitative estimate of drug-likeness (QED) is 0.544. The van der Waals surface area contributed by atoms with Crippen LogP contribution in [0.15, 0.2) is 48.5 Å². The van der Waals surface area contributed by atoms with Crippen molar-refractivity contribution in [1.29, 1.82) is 0 Å². The van der Waals surface area contributed by atoms with Crippen LogP contribution in [0.1, 0.15) is 35.9 Å². The summed E-state index contributed by atoms with van der Waals surface area (Å²) in [5, 5.41) is 15.7. The zero-order valence-corrected chi connectivity index (χ0v) is 19.4. The number of halogens is 2. The molecule has 1 atom stereocenters. The van der Waals surface area contributed by atoms with Gasteiger partial charge < -0.3 is 5.11 Å². The molecule has 7 heteroatoms. The van der Waals surface area contributed by atoms with E-state index in [9.17, 15) is 9.50 Å². The summed E-state index contributed by atoms with van der Waals surface area (Å²) in [7, 11) is 2.01. The normalized spacial score (nSPS) is 15.2. The smallest absolute Gasteiger partial charge is 0.127 e. The predicted molar refractivity (Wildman–Crippen MR) is 125 cm³/mol. The molecule has 0 fully saturated rings. The molecule has 1 aromatic heterocycles. The van der Waals surface area contributed by atoms with Crippen molar-refractivity contribution in [2.45, 2.75) is 45.5 Å². The molecular formula is C25H30ClFN4O. The molecule has 0 spiro atoms. The van der Waals surface area contributed by atoms with Crippen LogP contribution in [0.4, 0.5) is 4.39 Å². The van der Waals surface area contributed by atoms with Crippen LogP contribution in [-0.2, 0) is 26.1 Å². The van der Waals surface area contributed by atoms with E-state index in [2.05, 4.69) is 9.80 Å². The highest BCUT2D eigenvalue weighted by Gasteiger charge is 2.26. The zero-order chi connectivity index (χ0) is 22.7. The SMILES string of the molecule is CCC(O)CN(C)Cc1nn(-c2ccc(Cl)cc2)c2c1CN(Cc1ccccc1F)CC2. The lowest BCUT2D eigenvalue weighted by atomic mass is 10.0. The van der Waals surface area contributed by atoms with Gasteiger partial charge in [-0.05, 0) is 43.8 Å². The number of aliphatic hydroxyl groups excluding tert-OH is 1. The van der Waals surface area contributed by atoms with Gasteiger partial charge in [-0.3, -0.25) is 9.80 Å². The lowest BCUT2D eigenvalue weighted by molar-refractivity contribution is 0.118. The second-order valence-electron chi connectivity index (χ2n) is 8.57. The number of likely N-dealkylation sites (N-methyl/N-ethyl adjacent to an activating group) is 1. The number of aliphatic hydroxyl groups is 1. The second-order valence-corrected chi connectivity index (χ2v) is 9.01. The Bertz CT molecular complexity index is 1050. The first kappa shape index (κ1) is 22.9. The molecule has 0 bridgehead atoms. The summed E-state index contributed by atoms with van der Waals surface area (Å²) >= 11 is 6.09. The van der Waals surface area contributed by atoms with Gasteiger partial charge in [-0.15, -0.1) is 0 Å². The van der Waals surface area contributed by atoms with E-state index in [0.717, 1.165) is 37.3 Å². The van der Waals surface area contributed by atoms with E-state index in [4.69, 9.17) is 16.7 Å². The van der Waals surface area contributed by atoms with Gasteiger partial charge in [0.25, 0.3) is 0 Å². The molecule has 32 heavy (non-hydrogen) atoms. The van der Waals surface area contributed by atoms with E-state index in [1.165, 1.54) is 17.3 Å². The van der Waals surface area contributed by atoms with Gasteiger partial charge in [-0.25, -0.2) is 9.07 Å². The zero-order valence-electron chi connectivity index (χ0n) is 18.6. The molecule has 0 saturated heterocycles. The standard InChI is InChI=1S/C25H30ClFN4O/c1-3-21(32)15-29(2)17-24-22-16-30(14-18-6-4-5-7-23(18)27)13-12-25(22)31(28-24)20-10-8-19(26)9-11-20/h4-11,21,32H,3,12-17H2,1-2H3. The number of aromatic nitrogens is 2. The number of hydrogen-bond acceptors (Lipinski definition) is 4. The van der Waals surface area contributed by atoms with Gasteiger partial charge in [-0.2, -0.15) is 5.10 Å². The van der Waals surface area contributed by atoms with Crippen molar-refractivity contribution in [3.8, 4) is 5.69 Å². The van der Waals surface area contributed by atoms with Crippen molar-refractivity contribution in [1.82, 2.24) is 19.6 Å². The minimum atomic E-state index is -0.355. The molecule has 0 aliphatic carbocycles. The van der Waals surface area contributed by atoms with E-state index in [-0.39, 0.29) is 11.9 Å². The first-order chi connectivity index (χ1) is 15.4. The van der Waals surface area contributed by atoms with Gasteiger partial charge in [-0.1, -0.05) is 36.7 Å². The van der Waals surface area contributed by atoms with Gasteiger partial charge in [0.2, 0.25) is 0 Å². The number of hydrogen-bond donors (Lipinski definition) is 1. The maximum absolute atomic E-state index is 14.2. The number of rotatable bonds is 8. The van der Waals surface area contributed by atoms with Crippen molar-refractivity contribution in [2.75, 3.05) is 20.1 Å². The van der Waals surface area contributed by atoms with Crippen molar-refractivity contribution in [3.63, 3.8) is 0 Å². The fourth-order valence-corrected chi connectivity index (χ4v) is 4.40. The Morgan fingerprint density at radius 1 is 1.19 bits per heavy atom. The summed E-state index contributed by atoms with van der Waals surface area (Å²) < 4.78 is 16.2. The summed E-state index contributed by atoms with van der Waals surface area (Å²) in [6.07, 6.45) is 1.20. The maximum atomic E-state index is 14.2. The van der Waals surface area contributed by atoms with Gasteiger partial charge in [0.05, 0.1) is 23.2 Å². The first-order valence-electron chi connectivity index (χ1n) is 11.1. The molecule has 0 saturated carbocycles. The maximum Gasteiger partial charge on any atom is 0.127 e. The molecule has 2 heterocycles. The van der Waals surface area contributed by atoms with E-state index < -0.39 is 0 Å². The highest BCUT2D eigenvalue weighted by molar-refractivity contribution is 6.30. The lowest BCUT2D eigenvalue weighted by Crippen LogP contribution is -2.32. The molecule has 1 aliphatic rings. The summed E-state index contributed by atoms with van der Waals surface area (Å²) in [5.74, 6) is -0.163. The minimum absolute atomic E-state index is 0.163.